The molecule has 2 rings (SSSR count). The molecule has 0 radical (unpaired) electrons. The zero-order chi connectivity index (χ0) is 13.1. The number of halogens is 3. The molecule has 18 heavy (non-hydrogen) atoms. The topological polar surface area (TPSA) is 24.9 Å². The van der Waals surface area contributed by atoms with Gasteiger partial charge in [-0.15, -0.1) is 0 Å². The van der Waals surface area contributed by atoms with Gasteiger partial charge in [0.2, 0.25) is 0 Å². The van der Waals surface area contributed by atoms with Crippen LogP contribution in [-0.4, -0.2) is 4.98 Å². The first-order chi connectivity index (χ1) is 8.58. The van der Waals surface area contributed by atoms with Gasteiger partial charge in [-0.1, -0.05) is 17.7 Å². The summed E-state index contributed by atoms with van der Waals surface area (Å²) in [6, 6.07) is 5.28. The van der Waals surface area contributed by atoms with Crippen molar-refractivity contribution < 1.29 is 8.78 Å². The van der Waals surface area contributed by atoms with Crippen LogP contribution >= 0.6 is 11.6 Å². The number of pyridine rings is 1. The lowest BCUT2D eigenvalue weighted by atomic mass is 10.2. The molecule has 0 aliphatic rings. The van der Waals surface area contributed by atoms with E-state index < -0.39 is 11.6 Å². The summed E-state index contributed by atoms with van der Waals surface area (Å²) in [6.07, 6.45) is 1.60. The fraction of sp³-hybridized carbons (Fsp3) is 0.154. The Labute approximate surface area is 109 Å². The van der Waals surface area contributed by atoms with Gasteiger partial charge in [-0.3, -0.25) is 0 Å². The second-order valence-corrected chi connectivity index (χ2v) is 4.24. The van der Waals surface area contributed by atoms with Gasteiger partial charge >= 0.3 is 0 Å². The van der Waals surface area contributed by atoms with Gasteiger partial charge in [0.15, 0.2) is 5.15 Å². The second kappa shape index (κ2) is 5.31. The molecular formula is C13H11ClF2N2. The van der Waals surface area contributed by atoms with E-state index >= 15 is 0 Å². The zero-order valence-electron chi connectivity index (χ0n) is 9.67. The smallest absolute Gasteiger partial charge is 0.152 e. The first-order valence-electron chi connectivity index (χ1n) is 5.37. The molecule has 1 N–H and O–H groups in total. The molecule has 0 spiro atoms. The van der Waals surface area contributed by atoms with E-state index in [1.54, 1.807) is 12.3 Å². The molecule has 2 aromatic rings. The van der Waals surface area contributed by atoms with E-state index in [9.17, 15) is 8.78 Å². The third-order valence-electron chi connectivity index (χ3n) is 2.58. The number of nitrogens with zero attached hydrogens (tertiary/aromatic N) is 1. The minimum absolute atomic E-state index is 0.221. The molecule has 1 aromatic heterocycles. The predicted octanol–water partition coefficient (Wildman–Crippen LogP) is 3.93. The quantitative estimate of drug-likeness (QED) is 0.853. The van der Waals surface area contributed by atoms with Crippen LogP contribution in [0.1, 0.15) is 11.1 Å². The summed E-state index contributed by atoms with van der Waals surface area (Å²) in [7, 11) is 0. The molecule has 0 saturated carbocycles. The number of anilines is 1. The maximum Gasteiger partial charge on any atom is 0.152 e. The van der Waals surface area contributed by atoms with E-state index in [1.165, 1.54) is 12.1 Å². The number of nitrogens with one attached hydrogen (secondary N) is 1. The maximum absolute atomic E-state index is 13.4. The van der Waals surface area contributed by atoms with Crippen LogP contribution in [0.3, 0.4) is 0 Å². The summed E-state index contributed by atoms with van der Waals surface area (Å²) in [4.78, 5) is 3.94. The molecule has 94 valence electrons. The highest BCUT2D eigenvalue weighted by molar-refractivity contribution is 6.32. The van der Waals surface area contributed by atoms with Crippen LogP contribution in [0.4, 0.5) is 14.5 Å². The molecule has 0 saturated heterocycles. The number of rotatable bonds is 3. The largest absolute Gasteiger partial charge is 0.378 e. The molecule has 1 heterocycles. The SMILES string of the molecule is Cc1ccnc(Cl)c1NCc1ccc(F)cc1F. The molecule has 0 aliphatic heterocycles. The monoisotopic (exact) mass is 268 g/mol. The van der Waals surface area contributed by atoms with Crippen molar-refractivity contribution in [2.45, 2.75) is 13.5 Å². The minimum atomic E-state index is -0.591. The van der Waals surface area contributed by atoms with Crippen LogP contribution in [0.5, 0.6) is 0 Å². The molecule has 0 bridgehead atoms. The van der Waals surface area contributed by atoms with Crippen molar-refractivity contribution in [3.05, 3.63) is 58.4 Å². The minimum Gasteiger partial charge on any atom is -0.378 e. The van der Waals surface area contributed by atoms with Crippen LogP contribution in [0, 0.1) is 18.6 Å². The Hall–Kier alpha value is -1.68. The highest BCUT2D eigenvalue weighted by Gasteiger charge is 2.07. The van der Waals surface area contributed by atoms with Gasteiger partial charge in [-0.25, -0.2) is 13.8 Å². The van der Waals surface area contributed by atoms with Crippen LogP contribution in [0.25, 0.3) is 0 Å². The van der Waals surface area contributed by atoms with Gasteiger partial charge < -0.3 is 5.32 Å². The Morgan fingerprint density at radius 2 is 2.06 bits per heavy atom. The molecule has 0 fully saturated rings. The van der Waals surface area contributed by atoms with Crippen molar-refractivity contribution in [2.75, 3.05) is 5.32 Å². The number of aryl methyl sites for hydroxylation is 1. The van der Waals surface area contributed by atoms with Crippen molar-refractivity contribution in [3.63, 3.8) is 0 Å². The van der Waals surface area contributed by atoms with Gasteiger partial charge in [-0.2, -0.15) is 0 Å². The predicted molar refractivity (Wildman–Crippen MR) is 67.7 cm³/mol. The average molecular weight is 269 g/mol. The fourth-order valence-corrected chi connectivity index (χ4v) is 1.86. The van der Waals surface area contributed by atoms with Crippen LogP contribution in [-0.2, 0) is 6.54 Å². The van der Waals surface area contributed by atoms with Crippen LogP contribution < -0.4 is 5.32 Å². The van der Waals surface area contributed by atoms with Gasteiger partial charge in [0.1, 0.15) is 11.6 Å². The lowest BCUT2D eigenvalue weighted by Crippen LogP contribution is -2.04. The number of hydrogen-bond acceptors (Lipinski definition) is 2. The molecular weight excluding hydrogens is 258 g/mol. The highest BCUT2D eigenvalue weighted by Crippen LogP contribution is 2.23. The Morgan fingerprint density at radius 1 is 1.28 bits per heavy atom. The summed E-state index contributed by atoms with van der Waals surface area (Å²) >= 11 is 5.93. The molecule has 0 amide bonds. The Morgan fingerprint density at radius 3 is 2.72 bits per heavy atom. The standard InChI is InChI=1S/C13H11ClF2N2/c1-8-4-5-17-13(14)12(8)18-7-9-2-3-10(15)6-11(9)16/h2-6,18H,7H2,1H3. The Balaban J connectivity index is 2.16. The first kappa shape index (κ1) is 12.8. The van der Waals surface area contributed by atoms with Crippen molar-refractivity contribution >= 4 is 17.3 Å². The molecule has 0 atom stereocenters. The summed E-state index contributed by atoms with van der Waals surface area (Å²) in [5.41, 5.74) is 1.94. The maximum atomic E-state index is 13.4. The van der Waals surface area contributed by atoms with E-state index in [4.69, 9.17) is 11.6 Å². The summed E-state index contributed by atoms with van der Waals surface area (Å²) in [5, 5.41) is 3.33. The van der Waals surface area contributed by atoms with Crippen LogP contribution in [0.15, 0.2) is 30.5 Å². The summed E-state index contributed by atoms with van der Waals surface area (Å²) in [6.45, 7) is 2.09. The first-order valence-corrected chi connectivity index (χ1v) is 5.74. The third kappa shape index (κ3) is 2.76. The van der Waals surface area contributed by atoms with Crippen molar-refractivity contribution in [1.82, 2.24) is 4.98 Å². The lowest BCUT2D eigenvalue weighted by Gasteiger charge is -2.11. The Bertz CT molecular complexity index is 553. The van der Waals surface area contributed by atoms with E-state index in [-0.39, 0.29) is 6.54 Å². The molecule has 1 aromatic carbocycles. The van der Waals surface area contributed by atoms with Gasteiger partial charge in [-0.05, 0) is 24.6 Å². The Kier molecular flexibility index (Phi) is 3.77. The summed E-state index contributed by atoms with van der Waals surface area (Å²) < 4.78 is 26.2. The zero-order valence-corrected chi connectivity index (χ0v) is 10.4. The third-order valence-corrected chi connectivity index (χ3v) is 2.87. The second-order valence-electron chi connectivity index (χ2n) is 3.88. The summed E-state index contributed by atoms with van der Waals surface area (Å²) in [5.74, 6) is -1.17. The van der Waals surface area contributed by atoms with Crippen molar-refractivity contribution in [2.24, 2.45) is 0 Å². The lowest BCUT2D eigenvalue weighted by molar-refractivity contribution is 0.574. The highest BCUT2D eigenvalue weighted by atomic mass is 35.5. The van der Waals surface area contributed by atoms with Gasteiger partial charge in [0, 0.05) is 24.4 Å². The van der Waals surface area contributed by atoms with Crippen molar-refractivity contribution in [3.8, 4) is 0 Å². The average Bonchev–Trinajstić information content (AvgIpc) is 2.31. The van der Waals surface area contributed by atoms with E-state index in [2.05, 4.69) is 10.3 Å². The molecule has 0 unspecified atom stereocenters. The van der Waals surface area contributed by atoms with E-state index in [1.807, 2.05) is 6.92 Å². The number of hydrogen-bond donors (Lipinski definition) is 1. The van der Waals surface area contributed by atoms with E-state index in [0.29, 0.717) is 16.4 Å². The van der Waals surface area contributed by atoms with Gasteiger partial charge in [0.05, 0.1) is 5.69 Å². The van der Waals surface area contributed by atoms with E-state index in [0.717, 1.165) is 11.6 Å². The molecule has 2 nitrogen and oxygen atoms in total. The fourth-order valence-electron chi connectivity index (χ4n) is 1.59. The molecule has 5 heteroatoms. The normalized spacial score (nSPS) is 10.4. The number of aromatic nitrogens is 1. The molecule has 0 aliphatic carbocycles. The number of benzene rings is 1. The van der Waals surface area contributed by atoms with Crippen molar-refractivity contribution in [1.29, 1.82) is 0 Å². The van der Waals surface area contributed by atoms with Gasteiger partial charge in [0.25, 0.3) is 0 Å². The van der Waals surface area contributed by atoms with Crippen LogP contribution in [0.2, 0.25) is 5.15 Å².